The Balaban J connectivity index is 2.03. The Morgan fingerprint density at radius 2 is 1.85 bits per heavy atom. The van der Waals surface area contributed by atoms with Gasteiger partial charge in [0.1, 0.15) is 23.5 Å². The van der Waals surface area contributed by atoms with Crippen LogP contribution in [0.25, 0.3) is 0 Å². The number of amides is 1. The number of ether oxygens (including phenoxy) is 1. The van der Waals surface area contributed by atoms with Gasteiger partial charge in [-0.1, -0.05) is 11.6 Å². The molecule has 0 saturated carbocycles. The van der Waals surface area contributed by atoms with Crippen molar-refractivity contribution in [2.75, 3.05) is 30.5 Å². The largest absolute Gasteiger partial charge is 0.469 e. The van der Waals surface area contributed by atoms with Gasteiger partial charge in [-0.25, -0.2) is 13.8 Å². The van der Waals surface area contributed by atoms with Gasteiger partial charge >= 0.3 is 12.1 Å². The zero-order chi connectivity index (χ0) is 24.7. The van der Waals surface area contributed by atoms with Crippen molar-refractivity contribution in [3.8, 4) is 0 Å². The van der Waals surface area contributed by atoms with Crippen LogP contribution in [0, 0.1) is 24.5 Å². The van der Waals surface area contributed by atoms with E-state index >= 15 is 0 Å². The second kappa shape index (κ2) is 9.12. The van der Waals surface area contributed by atoms with Crippen molar-refractivity contribution in [3.05, 3.63) is 52.2 Å². The summed E-state index contributed by atoms with van der Waals surface area (Å²) in [6, 6.07) is 1.91. The summed E-state index contributed by atoms with van der Waals surface area (Å²) in [6.07, 6.45) is -4.77. The molecule has 33 heavy (non-hydrogen) atoms. The molecule has 0 spiro atoms. The monoisotopic (exact) mass is 491 g/mol. The van der Waals surface area contributed by atoms with Crippen LogP contribution in [0.4, 0.5) is 33.5 Å². The van der Waals surface area contributed by atoms with E-state index in [-0.39, 0.29) is 30.2 Å². The highest BCUT2D eigenvalue weighted by molar-refractivity contribution is 6.31. The Morgan fingerprint density at radius 1 is 1.18 bits per heavy atom. The molecular weight excluding hydrogens is 473 g/mol. The number of hydrogen-bond acceptors (Lipinski definition) is 5. The van der Waals surface area contributed by atoms with E-state index in [1.54, 1.807) is 0 Å². The van der Waals surface area contributed by atoms with Gasteiger partial charge in [-0.3, -0.25) is 9.59 Å². The molecule has 1 fully saturated rings. The van der Waals surface area contributed by atoms with Crippen LogP contribution >= 0.6 is 11.6 Å². The van der Waals surface area contributed by atoms with E-state index in [9.17, 15) is 31.5 Å². The third-order valence-corrected chi connectivity index (χ3v) is 5.65. The molecule has 0 bridgehead atoms. The second-order valence-electron chi connectivity index (χ2n) is 7.59. The molecule has 1 aromatic heterocycles. The van der Waals surface area contributed by atoms with Crippen molar-refractivity contribution in [1.29, 1.82) is 0 Å². The third kappa shape index (κ3) is 5.02. The fourth-order valence-electron chi connectivity index (χ4n) is 3.73. The molecular formula is C21H19ClF5N3O3. The van der Waals surface area contributed by atoms with Gasteiger partial charge in [-0.15, -0.1) is 0 Å². The van der Waals surface area contributed by atoms with Crippen molar-refractivity contribution >= 4 is 35.0 Å². The van der Waals surface area contributed by atoms with Crippen molar-refractivity contribution in [2.24, 2.45) is 5.92 Å². The van der Waals surface area contributed by atoms with Crippen LogP contribution in [-0.2, 0) is 20.5 Å². The average Bonchev–Trinajstić information content (AvgIpc) is 3.19. The number of benzene rings is 1. The number of carbonyl (C=O) groups excluding carboxylic acids is 2. The standard InChI is InChI=1S/C21H19ClF5N3O3/c1-10-4-12(21(25,26)27)6-18(28-10)30-9-11(20(32)33-3)5-17(30)19(31)29(2)16-7-13(22)14(23)8-15(16)24/h4,6-8,11,17H,5,9H2,1-3H3. The van der Waals surface area contributed by atoms with Gasteiger partial charge in [0.25, 0.3) is 0 Å². The third-order valence-electron chi connectivity index (χ3n) is 5.36. The lowest BCUT2D eigenvalue weighted by Gasteiger charge is -2.29. The SMILES string of the molecule is COC(=O)C1CC(C(=O)N(C)c2cc(Cl)c(F)cc2F)N(c2cc(C(F)(F)F)cc(C)n2)C1. The van der Waals surface area contributed by atoms with Gasteiger partial charge < -0.3 is 14.5 Å². The highest BCUT2D eigenvalue weighted by Gasteiger charge is 2.43. The van der Waals surface area contributed by atoms with Crippen LogP contribution in [0.5, 0.6) is 0 Å². The highest BCUT2D eigenvalue weighted by atomic mass is 35.5. The number of rotatable bonds is 4. The first kappa shape index (κ1) is 24.7. The molecule has 2 aromatic rings. The number of hydrogen-bond donors (Lipinski definition) is 0. The van der Waals surface area contributed by atoms with Gasteiger partial charge in [-0.2, -0.15) is 13.2 Å². The molecule has 0 aliphatic carbocycles. The van der Waals surface area contributed by atoms with Gasteiger partial charge in [0.15, 0.2) is 0 Å². The fourth-order valence-corrected chi connectivity index (χ4v) is 3.89. The van der Waals surface area contributed by atoms with Crippen molar-refractivity contribution in [1.82, 2.24) is 4.98 Å². The summed E-state index contributed by atoms with van der Waals surface area (Å²) in [5.41, 5.74) is -1.25. The minimum atomic E-state index is -4.66. The maximum absolute atomic E-state index is 14.3. The first-order valence-corrected chi connectivity index (χ1v) is 10.0. The summed E-state index contributed by atoms with van der Waals surface area (Å²) in [5.74, 6) is -4.49. The Kier molecular flexibility index (Phi) is 6.83. The molecule has 1 saturated heterocycles. The van der Waals surface area contributed by atoms with Gasteiger partial charge in [0, 0.05) is 25.4 Å². The predicted octanol–water partition coefficient (Wildman–Crippen LogP) is 4.37. The minimum absolute atomic E-state index is 0.0530. The molecule has 0 radical (unpaired) electrons. The molecule has 1 amide bonds. The molecule has 2 unspecified atom stereocenters. The molecule has 12 heteroatoms. The topological polar surface area (TPSA) is 62.7 Å². The summed E-state index contributed by atoms with van der Waals surface area (Å²) < 4.78 is 72.6. The fraction of sp³-hybridized carbons (Fsp3) is 0.381. The number of alkyl halides is 3. The lowest BCUT2D eigenvalue weighted by atomic mass is 10.0. The number of halogens is 6. The lowest BCUT2D eigenvalue weighted by Crippen LogP contribution is -2.45. The normalized spacial score (nSPS) is 18.4. The van der Waals surface area contributed by atoms with Crippen molar-refractivity contribution < 1.29 is 36.3 Å². The van der Waals surface area contributed by atoms with E-state index < -0.39 is 52.2 Å². The number of nitrogens with zero attached hydrogens (tertiary/aromatic N) is 3. The number of anilines is 2. The Morgan fingerprint density at radius 3 is 2.45 bits per heavy atom. The van der Waals surface area contributed by atoms with Crippen LogP contribution in [-0.4, -0.2) is 43.6 Å². The maximum Gasteiger partial charge on any atom is 0.416 e. The number of likely N-dealkylation sites (N-methyl/N-ethyl adjacent to an activating group) is 1. The summed E-state index contributed by atoms with van der Waals surface area (Å²) in [6.45, 7) is 1.22. The minimum Gasteiger partial charge on any atom is -0.469 e. The van der Waals surface area contributed by atoms with E-state index in [2.05, 4.69) is 4.98 Å². The lowest BCUT2D eigenvalue weighted by molar-refractivity contribution is -0.144. The van der Waals surface area contributed by atoms with E-state index in [0.29, 0.717) is 6.07 Å². The summed E-state index contributed by atoms with van der Waals surface area (Å²) in [5, 5.41) is -0.420. The molecule has 1 aliphatic rings. The molecule has 1 aromatic carbocycles. The summed E-state index contributed by atoms with van der Waals surface area (Å²) in [7, 11) is 2.36. The van der Waals surface area contributed by atoms with Gasteiger partial charge in [0.2, 0.25) is 5.91 Å². The summed E-state index contributed by atoms with van der Waals surface area (Å²) in [4.78, 5) is 31.7. The molecule has 178 valence electrons. The predicted molar refractivity (Wildman–Crippen MR) is 110 cm³/mol. The zero-order valence-electron chi connectivity index (χ0n) is 17.7. The van der Waals surface area contributed by atoms with Crippen LogP contribution in [0.3, 0.4) is 0 Å². The van der Waals surface area contributed by atoms with Crippen LogP contribution in [0.15, 0.2) is 24.3 Å². The Bertz CT molecular complexity index is 1100. The van der Waals surface area contributed by atoms with Crippen LogP contribution in [0.2, 0.25) is 5.02 Å². The number of esters is 1. The van der Waals surface area contributed by atoms with E-state index in [1.165, 1.54) is 18.9 Å². The quantitative estimate of drug-likeness (QED) is 0.361. The first-order chi connectivity index (χ1) is 15.3. The van der Waals surface area contributed by atoms with Gasteiger partial charge in [-0.05, 0) is 31.5 Å². The van der Waals surface area contributed by atoms with E-state index in [1.807, 2.05) is 0 Å². The average molecular weight is 492 g/mol. The second-order valence-corrected chi connectivity index (χ2v) is 8.00. The summed E-state index contributed by atoms with van der Waals surface area (Å²) >= 11 is 5.71. The number of pyridine rings is 1. The Hall–Kier alpha value is -2.95. The van der Waals surface area contributed by atoms with Crippen molar-refractivity contribution in [3.63, 3.8) is 0 Å². The van der Waals surface area contributed by atoms with E-state index in [0.717, 1.165) is 30.2 Å². The molecule has 2 heterocycles. The molecule has 0 N–H and O–H groups in total. The molecule has 1 aliphatic heterocycles. The first-order valence-electron chi connectivity index (χ1n) is 9.66. The molecule has 6 nitrogen and oxygen atoms in total. The number of aryl methyl sites for hydroxylation is 1. The van der Waals surface area contributed by atoms with Gasteiger partial charge in [0.05, 0.1) is 29.3 Å². The van der Waals surface area contributed by atoms with Crippen LogP contribution < -0.4 is 9.80 Å². The molecule has 3 rings (SSSR count). The number of methoxy groups -OCH3 is 1. The smallest absolute Gasteiger partial charge is 0.416 e. The molecule has 2 atom stereocenters. The Labute approximate surface area is 190 Å². The zero-order valence-corrected chi connectivity index (χ0v) is 18.5. The maximum atomic E-state index is 14.3. The van der Waals surface area contributed by atoms with E-state index in [4.69, 9.17) is 16.3 Å². The van der Waals surface area contributed by atoms with Crippen LogP contribution in [0.1, 0.15) is 17.7 Å². The highest BCUT2D eigenvalue weighted by Crippen LogP contribution is 2.36. The number of carbonyl (C=O) groups is 2. The number of aromatic nitrogens is 1. The van der Waals surface area contributed by atoms with Crippen molar-refractivity contribution in [2.45, 2.75) is 25.6 Å².